The molecule has 1 heterocycles. The van der Waals surface area contributed by atoms with Gasteiger partial charge in [0.05, 0.1) is 0 Å². The van der Waals surface area contributed by atoms with Crippen LogP contribution in [0.4, 0.5) is 10.1 Å². The Labute approximate surface area is 155 Å². The third-order valence-corrected chi connectivity index (χ3v) is 4.44. The van der Waals surface area contributed by atoms with Crippen LogP contribution < -0.4 is 5.32 Å². The van der Waals surface area contributed by atoms with Crippen LogP contribution in [0.5, 0.6) is 0 Å². The maximum absolute atomic E-state index is 12.9. The van der Waals surface area contributed by atoms with Gasteiger partial charge in [-0.3, -0.25) is 4.79 Å². The largest absolute Gasteiger partial charge is 0.339 e. The third-order valence-electron chi connectivity index (χ3n) is 3.72. The summed E-state index contributed by atoms with van der Waals surface area (Å²) in [6, 6.07) is 13.6. The Morgan fingerprint density at radius 2 is 2.04 bits per heavy atom. The topological polar surface area (TPSA) is 68.0 Å². The first-order valence-electron chi connectivity index (χ1n) is 8.16. The van der Waals surface area contributed by atoms with Gasteiger partial charge in [0, 0.05) is 29.0 Å². The molecule has 0 aliphatic heterocycles. The van der Waals surface area contributed by atoms with Crippen molar-refractivity contribution in [3.63, 3.8) is 0 Å². The predicted molar refractivity (Wildman–Crippen MR) is 99.5 cm³/mol. The fourth-order valence-electron chi connectivity index (χ4n) is 2.40. The molecule has 0 saturated heterocycles. The van der Waals surface area contributed by atoms with Gasteiger partial charge in [0.15, 0.2) is 0 Å². The number of aromatic nitrogens is 2. The highest BCUT2D eigenvalue weighted by Gasteiger charge is 2.10. The van der Waals surface area contributed by atoms with Crippen molar-refractivity contribution in [2.75, 3.05) is 11.6 Å². The average Bonchev–Trinajstić information content (AvgIpc) is 3.11. The van der Waals surface area contributed by atoms with Crippen LogP contribution >= 0.6 is 11.8 Å². The molecule has 1 N–H and O–H groups in total. The van der Waals surface area contributed by atoms with E-state index in [1.54, 1.807) is 23.9 Å². The summed E-state index contributed by atoms with van der Waals surface area (Å²) >= 11 is 1.63. The molecule has 5 nitrogen and oxygen atoms in total. The number of anilines is 1. The van der Waals surface area contributed by atoms with Crippen molar-refractivity contribution in [1.82, 2.24) is 10.1 Å². The molecule has 134 valence electrons. The molecule has 0 bridgehead atoms. The molecule has 0 fully saturated rings. The van der Waals surface area contributed by atoms with E-state index in [0.717, 1.165) is 10.6 Å². The Balaban J connectivity index is 1.48. The first-order valence-corrected chi connectivity index (χ1v) is 9.39. The number of hydrogen-bond acceptors (Lipinski definition) is 5. The zero-order valence-corrected chi connectivity index (χ0v) is 15.1. The van der Waals surface area contributed by atoms with E-state index in [2.05, 4.69) is 15.5 Å². The lowest BCUT2D eigenvalue weighted by atomic mass is 10.2. The van der Waals surface area contributed by atoms with Crippen LogP contribution in [0.3, 0.4) is 0 Å². The molecule has 1 aromatic heterocycles. The van der Waals surface area contributed by atoms with Crippen molar-refractivity contribution < 1.29 is 13.7 Å². The molecule has 0 aliphatic carbocycles. The Morgan fingerprint density at radius 1 is 1.23 bits per heavy atom. The minimum absolute atomic E-state index is 0.0541. The number of amides is 1. The normalized spacial score (nSPS) is 10.7. The van der Waals surface area contributed by atoms with Crippen LogP contribution in [-0.4, -0.2) is 22.3 Å². The maximum Gasteiger partial charge on any atom is 0.226 e. The third kappa shape index (κ3) is 4.92. The summed E-state index contributed by atoms with van der Waals surface area (Å²) < 4.78 is 18.1. The van der Waals surface area contributed by atoms with Gasteiger partial charge in [-0.1, -0.05) is 11.2 Å². The summed E-state index contributed by atoms with van der Waals surface area (Å²) in [5.41, 5.74) is 1.48. The van der Waals surface area contributed by atoms with Gasteiger partial charge in [-0.25, -0.2) is 4.39 Å². The van der Waals surface area contributed by atoms with E-state index < -0.39 is 0 Å². The smallest absolute Gasteiger partial charge is 0.226 e. The van der Waals surface area contributed by atoms with E-state index in [0.29, 0.717) is 36.5 Å². The number of halogens is 1. The predicted octanol–water partition coefficient (Wildman–Crippen LogP) is 4.56. The summed E-state index contributed by atoms with van der Waals surface area (Å²) in [5, 5.41) is 6.77. The minimum Gasteiger partial charge on any atom is -0.339 e. The van der Waals surface area contributed by atoms with Gasteiger partial charge in [0.25, 0.3) is 0 Å². The molecule has 0 aliphatic rings. The number of benzene rings is 2. The molecule has 0 unspecified atom stereocenters. The van der Waals surface area contributed by atoms with Crippen molar-refractivity contribution in [2.45, 2.75) is 24.2 Å². The Bertz CT molecular complexity index is 881. The fraction of sp³-hybridized carbons (Fsp3) is 0.211. The van der Waals surface area contributed by atoms with Crippen molar-refractivity contribution in [3.05, 3.63) is 60.2 Å². The lowest BCUT2D eigenvalue weighted by Gasteiger charge is -2.05. The second kappa shape index (κ2) is 8.62. The van der Waals surface area contributed by atoms with Crippen molar-refractivity contribution in [3.8, 4) is 11.4 Å². The SMILES string of the molecule is CSc1cccc(NC(=O)CCCc2nc(-c3ccc(F)cc3)no2)c1. The molecule has 7 heteroatoms. The zero-order valence-electron chi connectivity index (χ0n) is 14.2. The quantitative estimate of drug-likeness (QED) is 0.617. The van der Waals surface area contributed by atoms with Gasteiger partial charge in [0.1, 0.15) is 5.82 Å². The highest BCUT2D eigenvalue weighted by Crippen LogP contribution is 2.20. The number of aryl methyl sites for hydroxylation is 1. The maximum atomic E-state index is 12.9. The molecule has 0 radical (unpaired) electrons. The molecule has 0 saturated carbocycles. The molecule has 0 spiro atoms. The number of thioether (sulfide) groups is 1. The van der Waals surface area contributed by atoms with E-state index in [4.69, 9.17) is 4.52 Å². The second-order valence-electron chi connectivity index (χ2n) is 5.65. The summed E-state index contributed by atoms with van der Waals surface area (Å²) in [6.45, 7) is 0. The number of nitrogens with one attached hydrogen (secondary N) is 1. The minimum atomic E-state index is -0.313. The molecular weight excluding hydrogens is 353 g/mol. The second-order valence-corrected chi connectivity index (χ2v) is 6.53. The van der Waals surface area contributed by atoms with E-state index in [1.165, 1.54) is 12.1 Å². The van der Waals surface area contributed by atoms with Gasteiger partial charge < -0.3 is 9.84 Å². The van der Waals surface area contributed by atoms with Gasteiger partial charge in [-0.15, -0.1) is 11.8 Å². The van der Waals surface area contributed by atoms with Crippen LogP contribution in [0, 0.1) is 5.82 Å². The Morgan fingerprint density at radius 3 is 2.81 bits per heavy atom. The first-order chi connectivity index (χ1) is 12.6. The molecule has 1 amide bonds. The van der Waals surface area contributed by atoms with Crippen molar-refractivity contribution in [2.24, 2.45) is 0 Å². The Hall–Kier alpha value is -2.67. The van der Waals surface area contributed by atoms with Crippen LogP contribution in [0.2, 0.25) is 0 Å². The van der Waals surface area contributed by atoms with E-state index in [-0.39, 0.29) is 11.7 Å². The highest BCUT2D eigenvalue weighted by molar-refractivity contribution is 7.98. The lowest BCUT2D eigenvalue weighted by Crippen LogP contribution is -2.11. The zero-order chi connectivity index (χ0) is 18.4. The van der Waals surface area contributed by atoms with Crippen LogP contribution in [-0.2, 0) is 11.2 Å². The molecule has 3 rings (SSSR count). The molecule has 0 atom stereocenters. The molecular formula is C19H18FN3O2S. The number of carbonyl (C=O) groups is 1. The highest BCUT2D eigenvalue weighted by atomic mass is 32.2. The monoisotopic (exact) mass is 371 g/mol. The van der Waals surface area contributed by atoms with Gasteiger partial charge in [-0.05, 0) is 55.1 Å². The van der Waals surface area contributed by atoms with E-state index in [9.17, 15) is 9.18 Å². The van der Waals surface area contributed by atoms with Gasteiger partial charge in [-0.2, -0.15) is 4.98 Å². The first kappa shape index (κ1) is 18.1. The lowest BCUT2D eigenvalue weighted by molar-refractivity contribution is -0.116. The number of nitrogens with zero attached hydrogens (tertiary/aromatic N) is 2. The number of rotatable bonds is 7. The van der Waals surface area contributed by atoms with E-state index >= 15 is 0 Å². The molecule has 26 heavy (non-hydrogen) atoms. The summed E-state index contributed by atoms with van der Waals surface area (Å²) in [6.07, 6.45) is 3.45. The van der Waals surface area contributed by atoms with Crippen LogP contribution in [0.25, 0.3) is 11.4 Å². The van der Waals surface area contributed by atoms with Crippen LogP contribution in [0.1, 0.15) is 18.7 Å². The van der Waals surface area contributed by atoms with E-state index in [1.807, 2.05) is 30.5 Å². The number of hydrogen-bond donors (Lipinski definition) is 1. The van der Waals surface area contributed by atoms with Gasteiger partial charge >= 0.3 is 0 Å². The number of carbonyl (C=O) groups excluding carboxylic acids is 1. The molecule has 3 aromatic rings. The summed E-state index contributed by atoms with van der Waals surface area (Å²) in [4.78, 5) is 17.4. The molecule has 2 aromatic carbocycles. The van der Waals surface area contributed by atoms with Gasteiger partial charge in [0.2, 0.25) is 17.6 Å². The Kier molecular flexibility index (Phi) is 6.01. The average molecular weight is 371 g/mol. The standard InChI is InChI=1S/C19H18FN3O2S/c1-26-16-5-2-4-15(12-16)21-17(24)6-3-7-18-22-19(23-25-18)13-8-10-14(20)11-9-13/h2,4-5,8-12H,3,6-7H2,1H3,(H,21,24). The van der Waals surface area contributed by atoms with Crippen LogP contribution in [0.15, 0.2) is 57.9 Å². The summed E-state index contributed by atoms with van der Waals surface area (Å²) in [5.74, 6) is 0.507. The van der Waals surface area contributed by atoms with Crippen molar-refractivity contribution >= 4 is 23.4 Å². The summed E-state index contributed by atoms with van der Waals surface area (Å²) in [7, 11) is 0. The van der Waals surface area contributed by atoms with Crippen molar-refractivity contribution in [1.29, 1.82) is 0 Å². The fourth-order valence-corrected chi connectivity index (χ4v) is 2.86.